The number of nitro groups is 1. The van der Waals surface area contributed by atoms with Gasteiger partial charge in [0, 0.05) is 12.1 Å². The topological polar surface area (TPSA) is 128 Å². The van der Waals surface area contributed by atoms with Crippen LogP contribution in [0.2, 0.25) is 0 Å². The average molecular weight is 473 g/mol. The van der Waals surface area contributed by atoms with Crippen LogP contribution in [0.4, 0.5) is 16.2 Å². The number of methoxy groups -OCH3 is 1. The first-order chi connectivity index (χ1) is 16.9. The highest BCUT2D eigenvalue weighted by Crippen LogP contribution is 2.31. The predicted molar refractivity (Wildman–Crippen MR) is 126 cm³/mol. The van der Waals surface area contributed by atoms with Gasteiger partial charge in [0.2, 0.25) is 0 Å². The zero-order valence-corrected chi connectivity index (χ0v) is 18.5. The number of nitrogens with zero attached hydrogens (tertiary/aromatic N) is 2. The van der Waals surface area contributed by atoms with E-state index in [0.717, 1.165) is 11.6 Å². The lowest BCUT2D eigenvalue weighted by atomic mass is 10.1. The normalized spacial score (nSPS) is 14.6. The van der Waals surface area contributed by atoms with Crippen LogP contribution in [-0.4, -0.2) is 29.9 Å². The molecule has 10 heteroatoms. The summed E-state index contributed by atoms with van der Waals surface area (Å²) in [5.74, 6) is -0.954. The van der Waals surface area contributed by atoms with Crippen molar-refractivity contribution in [3.63, 3.8) is 0 Å². The van der Waals surface area contributed by atoms with Crippen LogP contribution >= 0.6 is 0 Å². The van der Waals surface area contributed by atoms with Crippen LogP contribution in [0.15, 0.2) is 78.4 Å². The van der Waals surface area contributed by atoms with Crippen LogP contribution in [0.25, 0.3) is 6.08 Å². The fraction of sp³-hybridized carbons (Fsp3) is 0.0800. The van der Waals surface area contributed by atoms with Crippen molar-refractivity contribution < 1.29 is 28.8 Å². The molecule has 1 heterocycles. The number of benzene rings is 3. The van der Waals surface area contributed by atoms with E-state index in [4.69, 9.17) is 9.47 Å². The summed E-state index contributed by atoms with van der Waals surface area (Å²) in [5, 5.41) is 13.2. The minimum atomic E-state index is -1.00. The summed E-state index contributed by atoms with van der Waals surface area (Å²) in [7, 11) is 1.46. The maximum absolute atomic E-state index is 13.1. The molecule has 0 aliphatic carbocycles. The minimum absolute atomic E-state index is 0.0395. The second kappa shape index (κ2) is 9.87. The van der Waals surface area contributed by atoms with Gasteiger partial charge in [0.15, 0.2) is 11.5 Å². The highest BCUT2D eigenvalue weighted by molar-refractivity contribution is 6.39. The summed E-state index contributed by atoms with van der Waals surface area (Å²) in [6, 6.07) is 18.4. The monoisotopic (exact) mass is 473 g/mol. The van der Waals surface area contributed by atoms with Gasteiger partial charge in [0.05, 0.1) is 17.7 Å². The first kappa shape index (κ1) is 23.2. The number of imide groups is 2. The molecule has 0 unspecified atom stereocenters. The lowest BCUT2D eigenvalue weighted by molar-refractivity contribution is -0.384. The second-order valence-electron chi connectivity index (χ2n) is 7.42. The molecule has 0 atom stereocenters. The van der Waals surface area contributed by atoms with Crippen molar-refractivity contribution in [2.45, 2.75) is 6.61 Å². The van der Waals surface area contributed by atoms with Crippen LogP contribution in [0.1, 0.15) is 11.1 Å². The molecule has 35 heavy (non-hydrogen) atoms. The molecule has 176 valence electrons. The first-order valence-electron chi connectivity index (χ1n) is 10.4. The highest BCUT2D eigenvalue weighted by Gasteiger charge is 2.37. The Kier molecular flexibility index (Phi) is 6.54. The maximum Gasteiger partial charge on any atom is 0.335 e. The molecule has 1 N–H and O–H groups in total. The van der Waals surface area contributed by atoms with Gasteiger partial charge in [0.25, 0.3) is 17.5 Å². The fourth-order valence-electron chi connectivity index (χ4n) is 3.43. The zero-order valence-electron chi connectivity index (χ0n) is 18.5. The molecule has 1 aliphatic heterocycles. The number of amides is 4. The summed E-state index contributed by atoms with van der Waals surface area (Å²) >= 11 is 0. The number of ether oxygens (including phenoxy) is 2. The van der Waals surface area contributed by atoms with E-state index in [-0.39, 0.29) is 16.9 Å². The number of nitro benzene ring substituents is 1. The molecule has 4 amide bonds. The molecule has 3 aromatic carbocycles. The van der Waals surface area contributed by atoms with Gasteiger partial charge < -0.3 is 9.47 Å². The largest absolute Gasteiger partial charge is 0.493 e. The number of hydrogen-bond acceptors (Lipinski definition) is 7. The van der Waals surface area contributed by atoms with Crippen LogP contribution in [0, 0.1) is 10.1 Å². The lowest BCUT2D eigenvalue weighted by Gasteiger charge is -2.26. The van der Waals surface area contributed by atoms with E-state index in [1.165, 1.54) is 31.4 Å². The van der Waals surface area contributed by atoms with Crippen molar-refractivity contribution in [2.75, 3.05) is 12.0 Å². The minimum Gasteiger partial charge on any atom is -0.493 e. The zero-order chi connectivity index (χ0) is 24.9. The molecule has 1 aliphatic rings. The number of non-ortho nitro benzene ring substituents is 1. The molecular weight excluding hydrogens is 454 g/mol. The van der Waals surface area contributed by atoms with Gasteiger partial charge in [-0.1, -0.05) is 42.5 Å². The van der Waals surface area contributed by atoms with E-state index in [1.807, 2.05) is 30.3 Å². The summed E-state index contributed by atoms with van der Waals surface area (Å²) < 4.78 is 11.2. The van der Waals surface area contributed by atoms with Gasteiger partial charge in [-0.3, -0.25) is 25.0 Å². The number of rotatable bonds is 7. The van der Waals surface area contributed by atoms with E-state index in [0.29, 0.717) is 28.6 Å². The Morgan fingerprint density at radius 2 is 1.74 bits per heavy atom. The van der Waals surface area contributed by atoms with Gasteiger partial charge in [-0.05, 0) is 35.4 Å². The van der Waals surface area contributed by atoms with E-state index < -0.39 is 22.8 Å². The highest BCUT2D eigenvalue weighted by atomic mass is 16.6. The molecule has 3 aromatic rings. The number of urea groups is 1. The summed E-state index contributed by atoms with van der Waals surface area (Å²) in [6.07, 6.45) is 1.30. The quantitative estimate of drug-likeness (QED) is 0.239. The number of carbonyl (C=O) groups excluding carboxylic acids is 3. The van der Waals surface area contributed by atoms with Crippen molar-refractivity contribution in [3.05, 3.63) is 99.6 Å². The maximum atomic E-state index is 13.1. The summed E-state index contributed by atoms with van der Waals surface area (Å²) in [4.78, 5) is 49.0. The Bertz CT molecular complexity index is 1350. The third kappa shape index (κ3) is 5.01. The van der Waals surface area contributed by atoms with E-state index in [2.05, 4.69) is 5.32 Å². The van der Waals surface area contributed by atoms with Crippen molar-refractivity contribution in [3.8, 4) is 11.5 Å². The molecule has 4 rings (SSSR count). The third-order valence-electron chi connectivity index (χ3n) is 5.14. The second-order valence-corrected chi connectivity index (χ2v) is 7.42. The fourth-order valence-corrected chi connectivity index (χ4v) is 3.43. The molecule has 1 saturated heterocycles. The van der Waals surface area contributed by atoms with Gasteiger partial charge in [-0.2, -0.15) is 0 Å². The Labute approximate surface area is 199 Å². The number of hydrogen-bond donors (Lipinski definition) is 1. The molecule has 10 nitrogen and oxygen atoms in total. The van der Waals surface area contributed by atoms with Crippen LogP contribution in [-0.2, 0) is 16.2 Å². The standard InChI is InChI=1S/C25H19N3O7/c1-34-22-13-17(10-11-21(22)35-15-16-6-3-2-4-7-16)12-20-23(29)26-25(31)27(24(20)30)18-8-5-9-19(14-18)28(32)33/h2-14H,15H2,1H3,(H,26,29,31)/b20-12+. The molecule has 0 aromatic heterocycles. The summed E-state index contributed by atoms with van der Waals surface area (Å²) in [6.45, 7) is 0.318. The first-order valence-corrected chi connectivity index (χ1v) is 10.4. The van der Waals surface area contributed by atoms with Gasteiger partial charge in [-0.25, -0.2) is 9.69 Å². The Morgan fingerprint density at radius 1 is 0.971 bits per heavy atom. The number of carbonyl (C=O) groups is 3. The lowest BCUT2D eigenvalue weighted by Crippen LogP contribution is -2.54. The molecule has 1 fully saturated rings. The molecule has 0 radical (unpaired) electrons. The van der Waals surface area contributed by atoms with E-state index in [9.17, 15) is 24.5 Å². The van der Waals surface area contributed by atoms with Crippen molar-refractivity contribution in [1.82, 2.24) is 5.32 Å². The third-order valence-corrected chi connectivity index (χ3v) is 5.14. The number of nitrogens with one attached hydrogen (secondary N) is 1. The van der Waals surface area contributed by atoms with E-state index in [1.54, 1.807) is 18.2 Å². The van der Waals surface area contributed by atoms with Crippen molar-refractivity contribution in [2.24, 2.45) is 0 Å². The Balaban J connectivity index is 1.61. The van der Waals surface area contributed by atoms with Crippen LogP contribution in [0.3, 0.4) is 0 Å². The molecule has 0 spiro atoms. The summed E-state index contributed by atoms with van der Waals surface area (Å²) in [5.41, 5.74) is 0.747. The Hall–Kier alpha value is -4.99. The van der Waals surface area contributed by atoms with Crippen molar-refractivity contribution >= 4 is 35.3 Å². The van der Waals surface area contributed by atoms with Gasteiger partial charge >= 0.3 is 6.03 Å². The van der Waals surface area contributed by atoms with Crippen LogP contribution < -0.4 is 19.7 Å². The van der Waals surface area contributed by atoms with Crippen LogP contribution in [0.5, 0.6) is 11.5 Å². The van der Waals surface area contributed by atoms with Gasteiger partial charge in [-0.15, -0.1) is 0 Å². The molecule has 0 saturated carbocycles. The van der Waals surface area contributed by atoms with Gasteiger partial charge in [0.1, 0.15) is 12.2 Å². The molecule has 0 bridgehead atoms. The SMILES string of the molecule is COc1cc(/C=C2\C(=O)NC(=O)N(c3cccc([N+](=O)[O-])c3)C2=O)ccc1OCc1ccccc1. The van der Waals surface area contributed by atoms with E-state index >= 15 is 0 Å². The average Bonchev–Trinajstić information content (AvgIpc) is 2.86. The number of barbiturate groups is 1. The molecular formula is C25H19N3O7. The van der Waals surface area contributed by atoms with Crippen molar-refractivity contribution in [1.29, 1.82) is 0 Å². The number of anilines is 1. The Morgan fingerprint density at radius 3 is 2.46 bits per heavy atom. The smallest absolute Gasteiger partial charge is 0.335 e. The predicted octanol–water partition coefficient (Wildman–Crippen LogP) is 3.85.